The second-order valence-corrected chi connectivity index (χ2v) is 8.93. The van der Waals surface area contributed by atoms with Gasteiger partial charge in [0.15, 0.2) is 28.8 Å². The third-order valence-electron chi connectivity index (χ3n) is 6.88. The van der Waals surface area contributed by atoms with Crippen molar-refractivity contribution in [2.45, 2.75) is 12.3 Å². The van der Waals surface area contributed by atoms with E-state index < -0.39 is 11.9 Å². The van der Waals surface area contributed by atoms with Crippen LogP contribution in [0.2, 0.25) is 0 Å². The largest absolute Gasteiger partial charge is 0.496 e. The van der Waals surface area contributed by atoms with Crippen molar-refractivity contribution in [3.8, 4) is 46.0 Å². The lowest BCUT2D eigenvalue weighted by atomic mass is 9.84. The molecule has 2 heterocycles. The third-order valence-corrected chi connectivity index (χ3v) is 6.88. The Bertz CT molecular complexity index is 1510. The van der Waals surface area contributed by atoms with Crippen molar-refractivity contribution in [1.29, 1.82) is 0 Å². The van der Waals surface area contributed by atoms with Crippen molar-refractivity contribution in [3.05, 3.63) is 64.4 Å². The molecule has 0 N–H and O–H groups in total. The molecule has 5 rings (SSSR count). The molecule has 0 aromatic heterocycles. The molecule has 1 atom stereocenters. The highest BCUT2D eigenvalue weighted by molar-refractivity contribution is 6.15. The smallest absolute Gasteiger partial charge is 0.312 e. The standard InChI is InChI=1S/C30H28O10/c1-33-20-14-22(35-3)21(34-2)12-17(20)18-13-26(31)39-19-8-7-16-28(32)23(40-29(16)27(18)19)9-15-10-24(36-4)30(38-6)25(11-15)37-5/h7-12,14,18H,13H2,1-6H3/b23-9-. The first kappa shape index (κ1) is 26.7. The van der Waals surface area contributed by atoms with Gasteiger partial charge in [-0.1, -0.05) is 0 Å². The fraction of sp³-hybridized carbons (Fsp3) is 0.267. The van der Waals surface area contributed by atoms with Gasteiger partial charge in [-0.25, -0.2) is 0 Å². The number of carbonyl (C=O) groups excluding carboxylic acids is 2. The lowest BCUT2D eigenvalue weighted by molar-refractivity contribution is -0.135. The van der Waals surface area contributed by atoms with Crippen LogP contribution >= 0.6 is 0 Å². The number of esters is 1. The van der Waals surface area contributed by atoms with Gasteiger partial charge in [0, 0.05) is 23.1 Å². The maximum Gasteiger partial charge on any atom is 0.312 e. The Morgan fingerprint density at radius 3 is 1.95 bits per heavy atom. The lowest BCUT2D eigenvalue weighted by Gasteiger charge is -2.28. The Morgan fingerprint density at radius 1 is 0.725 bits per heavy atom. The topological polar surface area (TPSA) is 108 Å². The minimum Gasteiger partial charge on any atom is -0.496 e. The van der Waals surface area contributed by atoms with Gasteiger partial charge in [0.25, 0.3) is 0 Å². The number of Topliss-reactive ketones (excluding diaryl/α,β-unsaturated/α-hetero) is 1. The van der Waals surface area contributed by atoms with E-state index in [1.807, 2.05) is 0 Å². The number of benzene rings is 3. The molecule has 0 bridgehead atoms. The predicted octanol–water partition coefficient (Wildman–Crippen LogP) is 4.80. The number of hydrogen-bond donors (Lipinski definition) is 0. The molecule has 10 heteroatoms. The van der Waals surface area contributed by atoms with Crippen molar-refractivity contribution in [2.75, 3.05) is 42.7 Å². The molecule has 0 saturated heterocycles. The van der Waals surface area contributed by atoms with E-state index in [0.717, 1.165) is 0 Å². The molecule has 3 aromatic carbocycles. The number of rotatable bonds is 8. The molecule has 0 aliphatic carbocycles. The first-order chi connectivity index (χ1) is 19.4. The molecule has 0 saturated carbocycles. The summed E-state index contributed by atoms with van der Waals surface area (Å²) in [7, 11) is 9.11. The van der Waals surface area contributed by atoms with Crippen LogP contribution in [0.25, 0.3) is 6.08 Å². The van der Waals surface area contributed by atoms with Gasteiger partial charge in [-0.3, -0.25) is 9.59 Å². The summed E-state index contributed by atoms with van der Waals surface area (Å²) in [5.74, 6) is 2.14. The molecule has 1 unspecified atom stereocenters. The van der Waals surface area contributed by atoms with E-state index in [9.17, 15) is 9.59 Å². The number of ether oxygens (including phenoxy) is 8. The van der Waals surface area contributed by atoms with Crippen LogP contribution in [0.3, 0.4) is 0 Å². The van der Waals surface area contributed by atoms with Gasteiger partial charge in [0.2, 0.25) is 11.5 Å². The van der Waals surface area contributed by atoms with Crippen molar-refractivity contribution in [2.24, 2.45) is 0 Å². The van der Waals surface area contributed by atoms with E-state index in [4.69, 9.17) is 37.9 Å². The number of allylic oxidation sites excluding steroid dienone is 1. The average Bonchev–Trinajstić information content (AvgIpc) is 3.29. The molecule has 10 nitrogen and oxygen atoms in total. The van der Waals surface area contributed by atoms with Gasteiger partial charge in [-0.2, -0.15) is 0 Å². The number of fused-ring (bicyclic) bond motifs is 3. The van der Waals surface area contributed by atoms with Gasteiger partial charge in [-0.05, 0) is 42.0 Å². The molecule has 208 valence electrons. The molecule has 0 radical (unpaired) electrons. The first-order valence-electron chi connectivity index (χ1n) is 12.3. The summed E-state index contributed by atoms with van der Waals surface area (Å²) in [6.45, 7) is 0. The van der Waals surface area contributed by atoms with Crippen molar-refractivity contribution in [1.82, 2.24) is 0 Å². The second-order valence-electron chi connectivity index (χ2n) is 8.93. The van der Waals surface area contributed by atoms with E-state index >= 15 is 0 Å². The summed E-state index contributed by atoms with van der Waals surface area (Å²) in [6.07, 6.45) is 1.60. The van der Waals surface area contributed by atoms with Crippen molar-refractivity contribution >= 4 is 17.8 Å². The fourth-order valence-electron chi connectivity index (χ4n) is 5.03. The maximum absolute atomic E-state index is 13.5. The predicted molar refractivity (Wildman–Crippen MR) is 144 cm³/mol. The minimum atomic E-state index is -0.547. The summed E-state index contributed by atoms with van der Waals surface area (Å²) >= 11 is 0. The minimum absolute atomic E-state index is 0.00122. The number of hydrogen-bond acceptors (Lipinski definition) is 10. The molecule has 2 aliphatic rings. The summed E-state index contributed by atoms with van der Waals surface area (Å²) in [6, 6.07) is 10.1. The highest BCUT2D eigenvalue weighted by atomic mass is 16.5. The van der Waals surface area contributed by atoms with E-state index in [1.165, 1.54) is 42.7 Å². The van der Waals surface area contributed by atoms with Crippen LogP contribution < -0.4 is 37.9 Å². The van der Waals surface area contributed by atoms with Gasteiger partial charge in [-0.15, -0.1) is 0 Å². The fourth-order valence-corrected chi connectivity index (χ4v) is 5.03. The van der Waals surface area contributed by atoms with E-state index in [-0.39, 0.29) is 18.0 Å². The van der Waals surface area contributed by atoms with Gasteiger partial charge >= 0.3 is 5.97 Å². The quantitative estimate of drug-likeness (QED) is 0.221. The van der Waals surface area contributed by atoms with Crippen LogP contribution in [0.1, 0.15) is 39.4 Å². The average molecular weight is 549 g/mol. The normalized spacial score (nSPS) is 16.4. The summed E-state index contributed by atoms with van der Waals surface area (Å²) in [4.78, 5) is 26.1. The Hall–Kier alpha value is -4.86. The Kier molecular flexibility index (Phi) is 7.17. The van der Waals surface area contributed by atoms with Crippen molar-refractivity contribution in [3.63, 3.8) is 0 Å². The van der Waals surface area contributed by atoms with Gasteiger partial charge in [0.05, 0.1) is 54.6 Å². The molecular weight excluding hydrogens is 520 g/mol. The SMILES string of the molecule is COc1cc(OC)c(C2CC(=O)Oc3ccc4c(c32)O/C(=C\c2cc(OC)c(OC)c(OC)c2)C4=O)cc1OC. The lowest BCUT2D eigenvalue weighted by Crippen LogP contribution is -2.22. The second kappa shape index (κ2) is 10.7. The maximum atomic E-state index is 13.5. The Balaban J connectivity index is 1.63. The van der Waals surface area contributed by atoms with Crippen molar-refractivity contribution < 1.29 is 47.5 Å². The molecule has 0 fully saturated rings. The molecule has 0 spiro atoms. The van der Waals surface area contributed by atoms with E-state index in [1.54, 1.807) is 42.5 Å². The van der Waals surface area contributed by atoms with E-state index in [2.05, 4.69) is 0 Å². The Morgan fingerprint density at radius 2 is 1.35 bits per heavy atom. The number of ketones is 1. The van der Waals surface area contributed by atoms with Gasteiger partial charge < -0.3 is 37.9 Å². The van der Waals surface area contributed by atoms with Gasteiger partial charge in [0.1, 0.15) is 17.2 Å². The monoisotopic (exact) mass is 548 g/mol. The van der Waals surface area contributed by atoms with Crippen LogP contribution in [0.15, 0.2) is 42.2 Å². The summed E-state index contributed by atoms with van der Waals surface area (Å²) in [5, 5.41) is 0. The summed E-state index contributed by atoms with van der Waals surface area (Å²) < 4.78 is 44.6. The highest BCUT2D eigenvalue weighted by Gasteiger charge is 2.40. The summed E-state index contributed by atoms with van der Waals surface area (Å²) in [5.41, 5.74) is 2.16. The number of methoxy groups -OCH3 is 6. The van der Waals surface area contributed by atoms with Crippen LogP contribution in [-0.2, 0) is 4.79 Å². The number of carbonyl (C=O) groups is 2. The zero-order valence-corrected chi connectivity index (χ0v) is 22.9. The van der Waals surface area contributed by atoms with E-state index in [0.29, 0.717) is 68.2 Å². The van der Waals surface area contributed by atoms with Crippen LogP contribution in [0.5, 0.6) is 46.0 Å². The molecule has 2 aliphatic heterocycles. The van der Waals surface area contributed by atoms with Crippen LogP contribution in [0, 0.1) is 0 Å². The zero-order chi connectivity index (χ0) is 28.6. The molecule has 3 aromatic rings. The molecule has 0 amide bonds. The third kappa shape index (κ3) is 4.41. The first-order valence-corrected chi connectivity index (χ1v) is 12.3. The molecule has 40 heavy (non-hydrogen) atoms. The molecular formula is C30H28O10. The highest BCUT2D eigenvalue weighted by Crippen LogP contribution is 2.52. The zero-order valence-electron chi connectivity index (χ0n) is 22.9. The Labute approximate surface area is 230 Å². The van der Waals surface area contributed by atoms with Crippen LogP contribution in [-0.4, -0.2) is 54.4 Å². The van der Waals surface area contributed by atoms with Crippen LogP contribution in [0.4, 0.5) is 0 Å².